The first kappa shape index (κ1) is 17.9. The quantitative estimate of drug-likeness (QED) is 0.681. The molecule has 26 heavy (non-hydrogen) atoms. The molecule has 0 saturated heterocycles. The summed E-state index contributed by atoms with van der Waals surface area (Å²) in [5.41, 5.74) is 1.09. The van der Waals surface area contributed by atoms with Gasteiger partial charge in [0.05, 0.1) is 0 Å². The standard InChI is InChI=1S/C18H15ClFN3O3/c19-13-6-3-5-12(8-13)17-22-16(26-23-17)10-14(21-18(24)25)9-11-4-1-2-7-15(11)20/h1-8,14,21H,9-10H2,(H,24,25)/t14-/m1/s1. The second kappa shape index (κ2) is 7.97. The summed E-state index contributed by atoms with van der Waals surface area (Å²) >= 11 is 5.95. The van der Waals surface area contributed by atoms with Gasteiger partial charge in [0.2, 0.25) is 11.7 Å². The van der Waals surface area contributed by atoms with E-state index in [0.717, 1.165) is 0 Å². The van der Waals surface area contributed by atoms with Crippen molar-refractivity contribution in [2.45, 2.75) is 18.9 Å². The number of nitrogens with one attached hydrogen (secondary N) is 1. The molecule has 8 heteroatoms. The minimum Gasteiger partial charge on any atom is -0.465 e. The van der Waals surface area contributed by atoms with E-state index in [9.17, 15) is 9.18 Å². The molecule has 134 valence electrons. The van der Waals surface area contributed by atoms with Crippen molar-refractivity contribution >= 4 is 17.7 Å². The van der Waals surface area contributed by atoms with Crippen LogP contribution >= 0.6 is 11.6 Å². The fourth-order valence-corrected chi connectivity index (χ4v) is 2.76. The number of aromatic nitrogens is 2. The normalized spacial score (nSPS) is 11.9. The molecule has 0 aliphatic heterocycles. The van der Waals surface area contributed by atoms with E-state index in [1.807, 2.05) is 0 Å². The second-order valence-electron chi connectivity index (χ2n) is 5.67. The van der Waals surface area contributed by atoms with E-state index in [4.69, 9.17) is 21.2 Å². The number of amides is 1. The summed E-state index contributed by atoms with van der Waals surface area (Å²) in [6.45, 7) is 0. The minimum absolute atomic E-state index is 0.133. The summed E-state index contributed by atoms with van der Waals surface area (Å²) in [7, 11) is 0. The van der Waals surface area contributed by atoms with Crippen molar-refractivity contribution < 1.29 is 18.8 Å². The second-order valence-corrected chi connectivity index (χ2v) is 6.10. The van der Waals surface area contributed by atoms with Crippen LogP contribution in [0.2, 0.25) is 5.02 Å². The third-order valence-electron chi connectivity index (χ3n) is 3.72. The van der Waals surface area contributed by atoms with Crippen LogP contribution in [0.25, 0.3) is 11.4 Å². The van der Waals surface area contributed by atoms with Gasteiger partial charge in [-0.3, -0.25) is 0 Å². The first-order valence-corrected chi connectivity index (χ1v) is 8.20. The van der Waals surface area contributed by atoms with E-state index in [-0.39, 0.29) is 18.7 Å². The summed E-state index contributed by atoms with van der Waals surface area (Å²) in [6.07, 6.45) is -0.914. The molecule has 1 atom stereocenters. The van der Waals surface area contributed by atoms with Gasteiger partial charge >= 0.3 is 6.09 Å². The first-order chi connectivity index (χ1) is 12.5. The highest BCUT2D eigenvalue weighted by Gasteiger charge is 2.19. The molecule has 0 radical (unpaired) electrons. The molecule has 3 aromatic rings. The monoisotopic (exact) mass is 375 g/mol. The number of benzene rings is 2. The fourth-order valence-electron chi connectivity index (χ4n) is 2.57. The lowest BCUT2D eigenvalue weighted by atomic mass is 10.0. The van der Waals surface area contributed by atoms with Crippen LogP contribution in [0.5, 0.6) is 0 Å². The Balaban J connectivity index is 1.77. The molecule has 3 rings (SSSR count). The Morgan fingerprint density at radius 3 is 2.77 bits per heavy atom. The van der Waals surface area contributed by atoms with Crippen LogP contribution in [0.1, 0.15) is 11.5 Å². The van der Waals surface area contributed by atoms with Crippen molar-refractivity contribution in [1.29, 1.82) is 0 Å². The molecule has 0 spiro atoms. The molecule has 1 amide bonds. The fraction of sp³-hybridized carbons (Fsp3) is 0.167. The highest BCUT2D eigenvalue weighted by molar-refractivity contribution is 6.30. The van der Waals surface area contributed by atoms with Crippen LogP contribution < -0.4 is 5.32 Å². The van der Waals surface area contributed by atoms with Gasteiger partial charge in [-0.15, -0.1) is 0 Å². The lowest BCUT2D eigenvalue weighted by Gasteiger charge is -2.15. The molecule has 0 unspecified atom stereocenters. The van der Waals surface area contributed by atoms with Crippen LogP contribution in [0.3, 0.4) is 0 Å². The van der Waals surface area contributed by atoms with Gasteiger partial charge < -0.3 is 14.9 Å². The average Bonchev–Trinajstić information content (AvgIpc) is 3.05. The van der Waals surface area contributed by atoms with E-state index < -0.39 is 18.0 Å². The Hall–Kier alpha value is -2.93. The zero-order valence-corrected chi connectivity index (χ0v) is 14.3. The number of rotatable bonds is 6. The molecule has 1 heterocycles. The third-order valence-corrected chi connectivity index (χ3v) is 3.96. The molecule has 0 saturated carbocycles. The maximum absolute atomic E-state index is 13.9. The summed E-state index contributed by atoms with van der Waals surface area (Å²) in [4.78, 5) is 15.3. The zero-order valence-electron chi connectivity index (χ0n) is 13.5. The van der Waals surface area contributed by atoms with E-state index in [2.05, 4.69) is 15.5 Å². The van der Waals surface area contributed by atoms with Gasteiger partial charge in [-0.25, -0.2) is 9.18 Å². The van der Waals surface area contributed by atoms with Crippen LogP contribution in [-0.4, -0.2) is 27.4 Å². The Bertz CT molecular complexity index is 916. The molecule has 2 N–H and O–H groups in total. The van der Waals surface area contributed by atoms with Gasteiger partial charge in [0.1, 0.15) is 5.82 Å². The highest BCUT2D eigenvalue weighted by Crippen LogP contribution is 2.20. The molecule has 0 fully saturated rings. The van der Waals surface area contributed by atoms with Gasteiger partial charge in [-0.1, -0.05) is 47.1 Å². The topological polar surface area (TPSA) is 88.2 Å². The summed E-state index contributed by atoms with van der Waals surface area (Å²) in [5.74, 6) is 0.201. The van der Waals surface area contributed by atoms with Crippen molar-refractivity contribution in [1.82, 2.24) is 15.5 Å². The number of hydrogen-bond donors (Lipinski definition) is 2. The summed E-state index contributed by atoms with van der Waals surface area (Å²) in [6, 6.07) is 12.6. The van der Waals surface area contributed by atoms with Gasteiger partial charge in [0.15, 0.2) is 0 Å². The molecule has 6 nitrogen and oxygen atoms in total. The van der Waals surface area contributed by atoms with Crippen LogP contribution in [0.4, 0.5) is 9.18 Å². The van der Waals surface area contributed by atoms with Gasteiger partial charge in [-0.05, 0) is 30.2 Å². The van der Waals surface area contributed by atoms with Crippen molar-refractivity contribution in [2.75, 3.05) is 0 Å². The van der Waals surface area contributed by atoms with Gasteiger partial charge in [0.25, 0.3) is 0 Å². The Labute approximate surface area is 153 Å². The Morgan fingerprint density at radius 1 is 1.23 bits per heavy atom. The first-order valence-electron chi connectivity index (χ1n) is 7.82. The molecular formula is C18H15ClFN3O3. The number of halogens is 2. The van der Waals surface area contributed by atoms with E-state index in [1.54, 1.807) is 42.5 Å². The minimum atomic E-state index is -1.21. The number of carbonyl (C=O) groups is 1. The number of nitrogens with zero attached hydrogens (tertiary/aromatic N) is 2. The molecular weight excluding hydrogens is 361 g/mol. The highest BCUT2D eigenvalue weighted by atomic mass is 35.5. The SMILES string of the molecule is O=C(O)N[C@@H](Cc1nc(-c2cccc(Cl)c2)no1)Cc1ccccc1F. The third kappa shape index (κ3) is 4.58. The van der Waals surface area contributed by atoms with Gasteiger partial charge in [0, 0.05) is 23.0 Å². The van der Waals surface area contributed by atoms with Gasteiger partial charge in [-0.2, -0.15) is 4.98 Å². The molecule has 1 aromatic heterocycles. The van der Waals surface area contributed by atoms with Crippen LogP contribution in [-0.2, 0) is 12.8 Å². The predicted molar refractivity (Wildman–Crippen MR) is 93.5 cm³/mol. The summed E-state index contributed by atoms with van der Waals surface area (Å²) < 4.78 is 19.1. The van der Waals surface area contributed by atoms with Crippen LogP contribution in [0.15, 0.2) is 53.1 Å². The molecule has 0 aliphatic carbocycles. The van der Waals surface area contributed by atoms with E-state index >= 15 is 0 Å². The molecule has 2 aromatic carbocycles. The van der Waals surface area contributed by atoms with E-state index in [1.165, 1.54) is 6.07 Å². The van der Waals surface area contributed by atoms with Crippen molar-refractivity contribution in [3.63, 3.8) is 0 Å². The largest absolute Gasteiger partial charge is 0.465 e. The van der Waals surface area contributed by atoms with E-state index in [0.29, 0.717) is 22.0 Å². The Morgan fingerprint density at radius 2 is 2.04 bits per heavy atom. The smallest absolute Gasteiger partial charge is 0.404 e. The number of carboxylic acid groups (broad SMARTS) is 1. The predicted octanol–water partition coefficient (Wildman–Crippen LogP) is 3.95. The van der Waals surface area contributed by atoms with Crippen molar-refractivity contribution in [3.05, 3.63) is 70.8 Å². The van der Waals surface area contributed by atoms with Crippen molar-refractivity contribution in [2.24, 2.45) is 0 Å². The number of hydrogen-bond acceptors (Lipinski definition) is 4. The lowest BCUT2D eigenvalue weighted by Crippen LogP contribution is -2.37. The van der Waals surface area contributed by atoms with Crippen LogP contribution in [0, 0.1) is 5.82 Å². The summed E-state index contributed by atoms with van der Waals surface area (Å²) in [5, 5.41) is 15.8. The molecule has 0 aliphatic rings. The Kier molecular flexibility index (Phi) is 5.48. The molecule has 0 bridgehead atoms. The van der Waals surface area contributed by atoms with Crippen molar-refractivity contribution in [3.8, 4) is 11.4 Å². The zero-order chi connectivity index (χ0) is 18.5. The average molecular weight is 376 g/mol. The maximum atomic E-state index is 13.9. The maximum Gasteiger partial charge on any atom is 0.404 e. The lowest BCUT2D eigenvalue weighted by molar-refractivity contribution is 0.188.